The van der Waals surface area contributed by atoms with Gasteiger partial charge in [-0.3, -0.25) is 0 Å². The van der Waals surface area contributed by atoms with E-state index in [1.54, 1.807) is 0 Å². The molecule has 0 radical (unpaired) electrons. The van der Waals surface area contributed by atoms with E-state index in [9.17, 15) is 0 Å². The molecule has 0 aliphatic carbocycles. The summed E-state index contributed by atoms with van der Waals surface area (Å²) in [4.78, 5) is 0. The minimum atomic E-state index is 0.177. The van der Waals surface area contributed by atoms with Crippen LogP contribution in [0, 0.1) is 0 Å². The third-order valence-corrected chi connectivity index (χ3v) is 3.95. The molecule has 0 saturated heterocycles. The van der Waals surface area contributed by atoms with E-state index in [1.807, 2.05) is 0 Å². The molecule has 0 amide bonds. The lowest BCUT2D eigenvalue weighted by Crippen LogP contribution is -2.22. The SMILES string of the molecule is CC(C)=CCC/C(C)=C/[C@@H]1CC(c2ccccc2)=C[C@H](C)O1. The highest BCUT2D eigenvalue weighted by Gasteiger charge is 2.19. The lowest BCUT2D eigenvalue weighted by Gasteiger charge is -2.26. The maximum atomic E-state index is 6.07. The summed E-state index contributed by atoms with van der Waals surface area (Å²) in [6, 6.07) is 10.6. The van der Waals surface area contributed by atoms with E-state index in [2.05, 4.69) is 76.3 Å². The van der Waals surface area contributed by atoms with Gasteiger partial charge in [-0.2, -0.15) is 0 Å². The Labute approximate surface area is 135 Å². The molecule has 1 aliphatic heterocycles. The Morgan fingerprint density at radius 2 is 1.91 bits per heavy atom. The third-order valence-electron chi connectivity index (χ3n) is 3.95. The van der Waals surface area contributed by atoms with Crippen molar-refractivity contribution in [2.45, 2.75) is 59.2 Å². The Morgan fingerprint density at radius 1 is 1.18 bits per heavy atom. The van der Waals surface area contributed by atoms with Crippen LogP contribution in [0.15, 0.2) is 59.7 Å². The molecule has 0 fully saturated rings. The molecule has 1 aromatic rings. The van der Waals surface area contributed by atoms with Crippen LogP contribution >= 0.6 is 0 Å². The van der Waals surface area contributed by atoms with Crippen LogP contribution in [-0.2, 0) is 4.74 Å². The normalized spacial score (nSPS) is 22.2. The van der Waals surface area contributed by atoms with Gasteiger partial charge in [0.05, 0.1) is 12.2 Å². The van der Waals surface area contributed by atoms with E-state index < -0.39 is 0 Å². The minimum absolute atomic E-state index is 0.177. The Morgan fingerprint density at radius 3 is 2.59 bits per heavy atom. The Hall–Kier alpha value is -1.60. The molecule has 1 aliphatic rings. The predicted molar refractivity (Wildman–Crippen MR) is 95.8 cm³/mol. The molecule has 0 unspecified atom stereocenters. The Balaban J connectivity index is 2.02. The lowest BCUT2D eigenvalue weighted by atomic mass is 9.94. The third kappa shape index (κ3) is 5.31. The summed E-state index contributed by atoms with van der Waals surface area (Å²) >= 11 is 0. The zero-order valence-corrected chi connectivity index (χ0v) is 14.3. The fourth-order valence-electron chi connectivity index (χ4n) is 2.88. The molecule has 0 aromatic heterocycles. The molecule has 2 rings (SSSR count). The van der Waals surface area contributed by atoms with Crippen LogP contribution in [0.4, 0.5) is 0 Å². The van der Waals surface area contributed by atoms with Crippen LogP contribution < -0.4 is 0 Å². The van der Waals surface area contributed by atoms with Crippen LogP contribution in [0.25, 0.3) is 5.57 Å². The Kier molecular flexibility index (Phi) is 6.21. The van der Waals surface area contributed by atoms with E-state index in [4.69, 9.17) is 4.74 Å². The van der Waals surface area contributed by atoms with Gasteiger partial charge in [-0.05, 0) is 51.7 Å². The largest absolute Gasteiger partial charge is 0.367 e. The van der Waals surface area contributed by atoms with Crippen LogP contribution in [0.2, 0.25) is 0 Å². The van der Waals surface area contributed by atoms with Gasteiger partial charge in [-0.25, -0.2) is 0 Å². The summed E-state index contributed by atoms with van der Waals surface area (Å²) in [6.07, 6.45) is 10.4. The predicted octanol–water partition coefficient (Wildman–Crippen LogP) is 5.94. The molecule has 1 heteroatoms. The van der Waals surface area contributed by atoms with Crippen molar-refractivity contribution in [1.29, 1.82) is 0 Å². The number of hydrogen-bond acceptors (Lipinski definition) is 1. The van der Waals surface area contributed by atoms with Crippen LogP contribution in [0.5, 0.6) is 0 Å². The van der Waals surface area contributed by atoms with Crippen molar-refractivity contribution in [3.8, 4) is 0 Å². The topological polar surface area (TPSA) is 9.23 Å². The molecular formula is C21H28O. The second-order valence-electron chi connectivity index (χ2n) is 6.47. The first-order valence-corrected chi connectivity index (χ1v) is 8.27. The zero-order valence-electron chi connectivity index (χ0n) is 14.3. The van der Waals surface area contributed by atoms with Crippen molar-refractivity contribution in [1.82, 2.24) is 0 Å². The fraction of sp³-hybridized carbons (Fsp3) is 0.429. The van der Waals surface area contributed by atoms with Gasteiger partial charge in [0.25, 0.3) is 0 Å². The maximum Gasteiger partial charge on any atom is 0.0806 e. The first-order chi connectivity index (χ1) is 10.5. The summed E-state index contributed by atoms with van der Waals surface area (Å²) in [5, 5.41) is 0. The number of hydrogen-bond donors (Lipinski definition) is 0. The summed E-state index contributed by atoms with van der Waals surface area (Å²) in [7, 11) is 0. The molecule has 1 aromatic carbocycles. The second-order valence-corrected chi connectivity index (χ2v) is 6.47. The van der Waals surface area contributed by atoms with Gasteiger partial charge >= 0.3 is 0 Å². The van der Waals surface area contributed by atoms with Crippen LogP contribution in [-0.4, -0.2) is 12.2 Å². The van der Waals surface area contributed by atoms with Crippen LogP contribution in [0.1, 0.15) is 52.5 Å². The van der Waals surface area contributed by atoms with Gasteiger partial charge in [-0.1, -0.05) is 59.7 Å². The molecule has 0 saturated carbocycles. The van der Waals surface area contributed by atoms with E-state index in [1.165, 1.54) is 22.3 Å². The molecule has 0 N–H and O–H groups in total. The molecule has 1 heterocycles. The zero-order chi connectivity index (χ0) is 15.9. The van der Waals surface area contributed by atoms with E-state index >= 15 is 0 Å². The van der Waals surface area contributed by atoms with Crippen molar-refractivity contribution >= 4 is 5.57 Å². The molecule has 0 bridgehead atoms. The molecule has 118 valence electrons. The Bertz CT molecular complexity index is 559. The maximum absolute atomic E-state index is 6.07. The van der Waals surface area contributed by atoms with Gasteiger partial charge in [-0.15, -0.1) is 0 Å². The van der Waals surface area contributed by atoms with Crippen molar-refractivity contribution in [3.05, 3.63) is 65.3 Å². The molecule has 22 heavy (non-hydrogen) atoms. The van der Waals surface area contributed by atoms with E-state index in [-0.39, 0.29) is 12.2 Å². The number of benzene rings is 1. The molecule has 2 atom stereocenters. The first kappa shape index (κ1) is 16.8. The average Bonchev–Trinajstić information content (AvgIpc) is 2.47. The lowest BCUT2D eigenvalue weighted by molar-refractivity contribution is 0.0471. The van der Waals surface area contributed by atoms with Gasteiger partial charge in [0.15, 0.2) is 0 Å². The highest BCUT2D eigenvalue weighted by Crippen LogP contribution is 2.28. The monoisotopic (exact) mass is 296 g/mol. The van der Waals surface area contributed by atoms with Crippen molar-refractivity contribution in [3.63, 3.8) is 0 Å². The van der Waals surface area contributed by atoms with E-state index in [0.717, 1.165) is 19.3 Å². The van der Waals surface area contributed by atoms with Crippen molar-refractivity contribution in [2.75, 3.05) is 0 Å². The standard InChI is InChI=1S/C21H28O/c1-16(2)9-8-10-17(3)13-21-15-20(14-18(4)22-21)19-11-6-5-7-12-19/h5-7,9,11-14,18,21H,8,10,15H2,1-4H3/b17-13+/t18-,21+/m0/s1. The quantitative estimate of drug-likeness (QED) is 0.611. The summed E-state index contributed by atoms with van der Waals surface area (Å²) in [6.45, 7) is 8.65. The van der Waals surface area contributed by atoms with Gasteiger partial charge in [0.2, 0.25) is 0 Å². The second kappa shape index (κ2) is 8.14. The molecule has 1 nitrogen and oxygen atoms in total. The first-order valence-electron chi connectivity index (χ1n) is 8.27. The van der Waals surface area contributed by atoms with Gasteiger partial charge in [0.1, 0.15) is 0 Å². The molecular weight excluding hydrogens is 268 g/mol. The van der Waals surface area contributed by atoms with E-state index in [0.29, 0.717) is 0 Å². The fourth-order valence-corrected chi connectivity index (χ4v) is 2.88. The van der Waals surface area contributed by atoms with Gasteiger partial charge in [0, 0.05) is 6.42 Å². The summed E-state index contributed by atoms with van der Waals surface area (Å²) in [5.41, 5.74) is 5.53. The smallest absolute Gasteiger partial charge is 0.0806 e. The average molecular weight is 296 g/mol. The van der Waals surface area contributed by atoms with Crippen LogP contribution in [0.3, 0.4) is 0 Å². The highest BCUT2D eigenvalue weighted by atomic mass is 16.5. The summed E-state index contributed by atoms with van der Waals surface area (Å²) in [5.74, 6) is 0. The minimum Gasteiger partial charge on any atom is -0.367 e. The number of rotatable bonds is 5. The van der Waals surface area contributed by atoms with Crippen molar-refractivity contribution < 1.29 is 4.74 Å². The molecule has 0 spiro atoms. The van der Waals surface area contributed by atoms with Gasteiger partial charge < -0.3 is 4.74 Å². The number of ether oxygens (including phenoxy) is 1. The summed E-state index contributed by atoms with van der Waals surface area (Å²) < 4.78 is 6.07. The van der Waals surface area contributed by atoms with Crippen molar-refractivity contribution in [2.24, 2.45) is 0 Å². The highest BCUT2D eigenvalue weighted by molar-refractivity contribution is 5.67. The number of allylic oxidation sites excluding steroid dienone is 3.